The fourth-order valence-corrected chi connectivity index (χ4v) is 2.98. The van der Waals surface area contributed by atoms with E-state index in [0.29, 0.717) is 29.4 Å². The van der Waals surface area contributed by atoms with Crippen molar-refractivity contribution in [1.82, 2.24) is 0 Å². The molecule has 0 spiro atoms. The SMILES string of the molecule is COc1ccc(OC)c(C2=NC(=O)C3Cc4ccccc4OC3=N2)c1. The second-order valence-electron chi connectivity index (χ2n) is 5.76. The van der Waals surface area contributed by atoms with Gasteiger partial charge >= 0.3 is 0 Å². The Morgan fingerprint density at radius 3 is 2.72 bits per heavy atom. The predicted octanol–water partition coefficient (Wildman–Crippen LogP) is 2.64. The van der Waals surface area contributed by atoms with Crippen LogP contribution in [0.3, 0.4) is 0 Å². The summed E-state index contributed by atoms with van der Waals surface area (Å²) >= 11 is 0. The van der Waals surface area contributed by atoms with Crippen LogP contribution in [0.25, 0.3) is 0 Å². The minimum absolute atomic E-state index is 0.264. The van der Waals surface area contributed by atoms with Gasteiger partial charge in [-0.15, -0.1) is 0 Å². The lowest BCUT2D eigenvalue weighted by Gasteiger charge is -2.27. The normalized spacial score (nSPS) is 18.3. The number of methoxy groups -OCH3 is 2. The largest absolute Gasteiger partial charge is 0.497 e. The standard InChI is InChI=1S/C19H16N2O4/c1-23-12-7-8-16(24-2)13(10-12)17-20-18(22)14-9-11-5-3-4-6-15(11)25-19(14)21-17/h3-8,10,14H,9H2,1-2H3. The van der Waals surface area contributed by atoms with Crippen LogP contribution >= 0.6 is 0 Å². The molecular weight excluding hydrogens is 320 g/mol. The number of aliphatic imine (C=N–C) groups is 2. The van der Waals surface area contributed by atoms with Gasteiger partial charge in [0, 0.05) is 0 Å². The topological polar surface area (TPSA) is 69.5 Å². The minimum atomic E-state index is -0.477. The third kappa shape index (κ3) is 2.65. The molecule has 25 heavy (non-hydrogen) atoms. The van der Waals surface area contributed by atoms with Crippen molar-refractivity contribution >= 4 is 17.6 Å². The summed E-state index contributed by atoms with van der Waals surface area (Å²) in [5.41, 5.74) is 1.57. The van der Waals surface area contributed by atoms with E-state index in [4.69, 9.17) is 14.2 Å². The number of ether oxygens (including phenoxy) is 3. The minimum Gasteiger partial charge on any atom is -0.497 e. The molecule has 126 valence electrons. The molecular formula is C19H16N2O4. The van der Waals surface area contributed by atoms with Crippen LogP contribution < -0.4 is 14.2 Å². The van der Waals surface area contributed by atoms with Crippen molar-refractivity contribution in [3.8, 4) is 17.2 Å². The van der Waals surface area contributed by atoms with E-state index < -0.39 is 5.92 Å². The van der Waals surface area contributed by atoms with Gasteiger partial charge < -0.3 is 14.2 Å². The Morgan fingerprint density at radius 2 is 1.92 bits per heavy atom. The summed E-state index contributed by atoms with van der Waals surface area (Å²) in [6.07, 6.45) is 0.542. The quantitative estimate of drug-likeness (QED) is 0.864. The monoisotopic (exact) mass is 336 g/mol. The van der Waals surface area contributed by atoms with Crippen LogP contribution in [0.4, 0.5) is 0 Å². The molecule has 6 heteroatoms. The highest BCUT2D eigenvalue weighted by Gasteiger charge is 2.36. The lowest BCUT2D eigenvalue weighted by atomic mass is 9.94. The van der Waals surface area contributed by atoms with Crippen LogP contribution in [0.5, 0.6) is 17.2 Å². The Hall–Kier alpha value is -3.15. The summed E-state index contributed by atoms with van der Waals surface area (Å²) in [5, 5.41) is 0. The van der Waals surface area contributed by atoms with Gasteiger partial charge in [0.15, 0.2) is 5.84 Å². The smallest absolute Gasteiger partial charge is 0.260 e. The van der Waals surface area contributed by atoms with Gasteiger partial charge in [0.2, 0.25) is 5.90 Å². The van der Waals surface area contributed by atoms with E-state index in [0.717, 1.165) is 11.3 Å². The Bertz CT molecular complexity index is 917. The van der Waals surface area contributed by atoms with Crippen molar-refractivity contribution in [2.24, 2.45) is 15.9 Å². The predicted molar refractivity (Wildman–Crippen MR) is 92.8 cm³/mol. The maximum Gasteiger partial charge on any atom is 0.260 e. The third-order valence-electron chi connectivity index (χ3n) is 4.29. The van der Waals surface area contributed by atoms with Crippen molar-refractivity contribution in [3.63, 3.8) is 0 Å². The van der Waals surface area contributed by atoms with Crippen LogP contribution in [-0.2, 0) is 11.2 Å². The van der Waals surface area contributed by atoms with Crippen LogP contribution in [0.2, 0.25) is 0 Å². The number of para-hydroxylation sites is 1. The van der Waals surface area contributed by atoms with Gasteiger partial charge in [-0.1, -0.05) is 18.2 Å². The highest BCUT2D eigenvalue weighted by molar-refractivity contribution is 6.20. The molecule has 6 nitrogen and oxygen atoms in total. The van der Waals surface area contributed by atoms with Gasteiger partial charge in [-0.2, -0.15) is 9.98 Å². The number of fused-ring (bicyclic) bond motifs is 2. The van der Waals surface area contributed by atoms with E-state index in [1.165, 1.54) is 0 Å². The number of carbonyl (C=O) groups excluding carboxylic acids is 1. The fourth-order valence-electron chi connectivity index (χ4n) is 2.98. The van der Waals surface area contributed by atoms with Gasteiger partial charge in [0.1, 0.15) is 23.2 Å². The molecule has 2 aromatic rings. The lowest BCUT2D eigenvalue weighted by molar-refractivity contribution is -0.120. The third-order valence-corrected chi connectivity index (χ3v) is 4.29. The van der Waals surface area contributed by atoms with Crippen LogP contribution in [-0.4, -0.2) is 31.9 Å². The van der Waals surface area contributed by atoms with Crippen LogP contribution in [0, 0.1) is 5.92 Å². The molecule has 2 aromatic carbocycles. The second-order valence-corrected chi connectivity index (χ2v) is 5.76. The maximum atomic E-state index is 12.6. The maximum absolute atomic E-state index is 12.6. The number of amidine groups is 1. The van der Waals surface area contributed by atoms with Crippen molar-refractivity contribution in [2.75, 3.05) is 14.2 Å². The Balaban J connectivity index is 1.77. The molecule has 0 aromatic heterocycles. The van der Waals surface area contributed by atoms with E-state index in [9.17, 15) is 4.79 Å². The number of amides is 1. The van der Waals surface area contributed by atoms with E-state index in [1.54, 1.807) is 32.4 Å². The van der Waals surface area contributed by atoms with E-state index >= 15 is 0 Å². The number of carbonyl (C=O) groups is 1. The Kier molecular flexibility index (Phi) is 3.72. The molecule has 2 aliphatic heterocycles. The number of hydrogen-bond donors (Lipinski definition) is 0. The first kappa shape index (κ1) is 15.4. The first-order valence-electron chi connectivity index (χ1n) is 7.89. The molecule has 1 atom stereocenters. The van der Waals surface area contributed by atoms with E-state index in [-0.39, 0.29) is 11.7 Å². The molecule has 0 saturated carbocycles. The summed E-state index contributed by atoms with van der Waals surface area (Å²) in [4.78, 5) is 21.2. The molecule has 0 radical (unpaired) electrons. The first-order valence-corrected chi connectivity index (χ1v) is 7.89. The molecule has 0 N–H and O–H groups in total. The van der Waals surface area contributed by atoms with Gasteiger partial charge in [-0.25, -0.2) is 0 Å². The van der Waals surface area contributed by atoms with Gasteiger partial charge in [0.05, 0.1) is 19.8 Å². The van der Waals surface area contributed by atoms with Crippen molar-refractivity contribution in [3.05, 3.63) is 53.6 Å². The molecule has 0 aliphatic carbocycles. The van der Waals surface area contributed by atoms with Crippen LogP contribution in [0.15, 0.2) is 52.4 Å². The number of hydrogen-bond acceptors (Lipinski definition) is 5. The fraction of sp³-hybridized carbons (Fsp3) is 0.211. The van der Waals surface area contributed by atoms with E-state index in [2.05, 4.69) is 9.98 Å². The second kappa shape index (κ2) is 6.05. The lowest BCUT2D eigenvalue weighted by Crippen LogP contribution is -2.37. The number of nitrogens with zero attached hydrogens (tertiary/aromatic N) is 2. The molecule has 0 saturated heterocycles. The zero-order chi connectivity index (χ0) is 17.4. The highest BCUT2D eigenvalue weighted by atomic mass is 16.5. The van der Waals surface area contributed by atoms with Gasteiger partial charge in [-0.05, 0) is 36.2 Å². The summed E-state index contributed by atoms with van der Waals surface area (Å²) < 4.78 is 16.5. The van der Waals surface area contributed by atoms with Crippen molar-refractivity contribution < 1.29 is 19.0 Å². The number of benzene rings is 2. The van der Waals surface area contributed by atoms with Crippen molar-refractivity contribution in [1.29, 1.82) is 0 Å². The summed E-state index contributed by atoms with van der Waals surface area (Å²) in [6, 6.07) is 12.9. The Labute approximate surface area is 144 Å². The van der Waals surface area contributed by atoms with Crippen molar-refractivity contribution in [2.45, 2.75) is 6.42 Å². The molecule has 1 unspecified atom stereocenters. The molecule has 4 rings (SSSR count). The molecule has 0 fully saturated rings. The zero-order valence-corrected chi connectivity index (χ0v) is 13.9. The van der Waals surface area contributed by atoms with Crippen LogP contribution in [0.1, 0.15) is 11.1 Å². The average Bonchev–Trinajstić information content (AvgIpc) is 2.66. The van der Waals surface area contributed by atoms with E-state index in [1.807, 2.05) is 24.3 Å². The summed E-state index contributed by atoms with van der Waals surface area (Å²) in [6.45, 7) is 0. The van der Waals surface area contributed by atoms with Gasteiger partial charge in [0.25, 0.3) is 5.91 Å². The highest BCUT2D eigenvalue weighted by Crippen LogP contribution is 2.32. The average molecular weight is 336 g/mol. The van der Waals surface area contributed by atoms with Gasteiger partial charge in [-0.3, -0.25) is 4.79 Å². The first-order chi connectivity index (χ1) is 12.2. The molecule has 2 heterocycles. The summed E-state index contributed by atoms with van der Waals surface area (Å²) in [5.74, 6) is 1.82. The Morgan fingerprint density at radius 1 is 1.08 bits per heavy atom. The number of rotatable bonds is 3. The molecule has 0 bridgehead atoms. The molecule has 2 aliphatic rings. The molecule has 1 amide bonds. The summed E-state index contributed by atoms with van der Waals surface area (Å²) in [7, 11) is 3.13. The zero-order valence-electron chi connectivity index (χ0n) is 13.9.